The third kappa shape index (κ3) is 2.37. The Kier molecular flexibility index (Phi) is 2.60. The van der Waals surface area contributed by atoms with Crippen LogP contribution in [0.25, 0.3) is 0 Å². The Morgan fingerprint density at radius 1 is 1.82 bits per heavy atom. The SMILES string of the molecule is C=CCNC1=CC(=O)CC=N1. The number of ketones is 1. The van der Waals surface area contributed by atoms with E-state index in [2.05, 4.69) is 16.9 Å². The zero-order valence-electron chi connectivity index (χ0n) is 6.21. The molecular formula is C8H10N2O. The van der Waals surface area contributed by atoms with Crippen molar-refractivity contribution in [2.24, 2.45) is 4.99 Å². The van der Waals surface area contributed by atoms with E-state index in [4.69, 9.17) is 0 Å². The van der Waals surface area contributed by atoms with E-state index < -0.39 is 0 Å². The maximum atomic E-state index is 10.8. The Morgan fingerprint density at radius 2 is 2.64 bits per heavy atom. The lowest BCUT2D eigenvalue weighted by atomic mass is 10.2. The van der Waals surface area contributed by atoms with Gasteiger partial charge in [0.15, 0.2) is 5.78 Å². The molecule has 0 amide bonds. The van der Waals surface area contributed by atoms with Crippen LogP contribution in [0.2, 0.25) is 0 Å². The summed E-state index contributed by atoms with van der Waals surface area (Å²) in [6.45, 7) is 4.17. The van der Waals surface area contributed by atoms with Gasteiger partial charge in [-0.15, -0.1) is 6.58 Å². The standard InChI is InChI=1S/C8H10N2O/c1-2-4-9-8-6-7(11)3-5-10-8/h2,5-6,9H,1,3-4H2. The van der Waals surface area contributed by atoms with Gasteiger partial charge in [0.1, 0.15) is 5.82 Å². The molecule has 1 heterocycles. The fourth-order valence-corrected chi connectivity index (χ4v) is 0.756. The number of carbonyl (C=O) groups excluding carboxylic acids is 1. The lowest BCUT2D eigenvalue weighted by Crippen LogP contribution is -2.15. The minimum atomic E-state index is 0.0894. The summed E-state index contributed by atoms with van der Waals surface area (Å²) in [5, 5.41) is 2.93. The number of nitrogens with one attached hydrogen (secondary N) is 1. The van der Waals surface area contributed by atoms with Crippen LogP contribution in [0.3, 0.4) is 0 Å². The monoisotopic (exact) mass is 150 g/mol. The van der Waals surface area contributed by atoms with E-state index in [9.17, 15) is 4.79 Å². The van der Waals surface area contributed by atoms with Crippen molar-refractivity contribution in [3.8, 4) is 0 Å². The highest BCUT2D eigenvalue weighted by Gasteiger charge is 2.03. The highest BCUT2D eigenvalue weighted by Crippen LogP contribution is 1.99. The molecule has 0 atom stereocenters. The van der Waals surface area contributed by atoms with Crippen LogP contribution in [0.1, 0.15) is 6.42 Å². The number of rotatable bonds is 3. The molecule has 3 nitrogen and oxygen atoms in total. The molecule has 1 rings (SSSR count). The van der Waals surface area contributed by atoms with Gasteiger partial charge in [0.05, 0.1) is 0 Å². The molecule has 0 fully saturated rings. The molecule has 0 bridgehead atoms. The topological polar surface area (TPSA) is 41.5 Å². The molecule has 1 aliphatic heterocycles. The Hall–Kier alpha value is -1.38. The van der Waals surface area contributed by atoms with Crippen molar-refractivity contribution in [3.05, 3.63) is 24.6 Å². The summed E-state index contributed by atoms with van der Waals surface area (Å²) in [4.78, 5) is 14.8. The summed E-state index contributed by atoms with van der Waals surface area (Å²) in [5.41, 5.74) is 0. The van der Waals surface area contributed by atoms with Gasteiger partial charge in [0, 0.05) is 25.3 Å². The highest BCUT2D eigenvalue weighted by atomic mass is 16.1. The van der Waals surface area contributed by atoms with Crippen LogP contribution in [0.15, 0.2) is 29.5 Å². The molecule has 58 valence electrons. The summed E-state index contributed by atoms with van der Waals surface area (Å²) >= 11 is 0. The molecule has 3 heteroatoms. The fraction of sp³-hybridized carbons (Fsp3) is 0.250. The van der Waals surface area contributed by atoms with Crippen LogP contribution in [-0.2, 0) is 4.79 Å². The van der Waals surface area contributed by atoms with Crippen molar-refractivity contribution >= 4 is 12.0 Å². The number of allylic oxidation sites excluding steroid dienone is 1. The van der Waals surface area contributed by atoms with Gasteiger partial charge in [0.25, 0.3) is 0 Å². The second-order valence-corrected chi connectivity index (χ2v) is 2.18. The van der Waals surface area contributed by atoms with Gasteiger partial charge in [-0.1, -0.05) is 6.08 Å². The van der Waals surface area contributed by atoms with Crippen LogP contribution < -0.4 is 5.32 Å². The van der Waals surface area contributed by atoms with Crippen molar-refractivity contribution in [2.75, 3.05) is 6.54 Å². The van der Waals surface area contributed by atoms with Gasteiger partial charge in [-0.05, 0) is 0 Å². The zero-order chi connectivity index (χ0) is 8.10. The molecule has 1 N–H and O–H groups in total. The van der Waals surface area contributed by atoms with E-state index in [0.717, 1.165) is 0 Å². The molecule has 0 radical (unpaired) electrons. The van der Waals surface area contributed by atoms with Crippen molar-refractivity contribution in [2.45, 2.75) is 6.42 Å². The highest BCUT2D eigenvalue weighted by molar-refractivity contribution is 6.01. The van der Waals surface area contributed by atoms with Gasteiger partial charge in [-0.3, -0.25) is 4.79 Å². The van der Waals surface area contributed by atoms with E-state index in [-0.39, 0.29) is 5.78 Å². The Bertz CT molecular complexity index is 228. The van der Waals surface area contributed by atoms with Crippen LogP contribution in [0, 0.1) is 0 Å². The molecule has 0 aromatic rings. The minimum Gasteiger partial charge on any atom is -0.367 e. The maximum Gasteiger partial charge on any atom is 0.164 e. The third-order valence-electron chi connectivity index (χ3n) is 1.25. The van der Waals surface area contributed by atoms with Crippen molar-refractivity contribution in [1.82, 2.24) is 5.32 Å². The van der Waals surface area contributed by atoms with Crippen molar-refractivity contribution in [3.63, 3.8) is 0 Å². The van der Waals surface area contributed by atoms with Crippen molar-refractivity contribution in [1.29, 1.82) is 0 Å². The van der Waals surface area contributed by atoms with Gasteiger partial charge < -0.3 is 5.32 Å². The smallest absolute Gasteiger partial charge is 0.164 e. The van der Waals surface area contributed by atoms with Crippen LogP contribution in [0.5, 0.6) is 0 Å². The predicted octanol–water partition coefficient (Wildman–Crippen LogP) is 0.647. The van der Waals surface area contributed by atoms with E-state index in [0.29, 0.717) is 18.8 Å². The van der Waals surface area contributed by atoms with Gasteiger partial charge >= 0.3 is 0 Å². The molecule has 0 saturated heterocycles. The molecule has 1 aliphatic rings. The Morgan fingerprint density at radius 3 is 3.27 bits per heavy atom. The lowest BCUT2D eigenvalue weighted by molar-refractivity contribution is -0.113. The number of carbonyl (C=O) groups is 1. The van der Waals surface area contributed by atoms with E-state index in [1.807, 2.05) is 0 Å². The number of hydrogen-bond acceptors (Lipinski definition) is 3. The average Bonchev–Trinajstić information content (AvgIpc) is 2.01. The normalized spacial score (nSPS) is 16.0. The first-order valence-electron chi connectivity index (χ1n) is 3.45. The Labute approximate surface area is 65.5 Å². The van der Waals surface area contributed by atoms with Crippen molar-refractivity contribution < 1.29 is 4.79 Å². The molecule has 0 saturated carbocycles. The number of aliphatic imine (C=N–C) groups is 1. The first-order valence-corrected chi connectivity index (χ1v) is 3.45. The summed E-state index contributed by atoms with van der Waals surface area (Å²) in [6, 6.07) is 0. The minimum absolute atomic E-state index is 0.0894. The molecule has 11 heavy (non-hydrogen) atoms. The maximum absolute atomic E-state index is 10.8. The largest absolute Gasteiger partial charge is 0.367 e. The summed E-state index contributed by atoms with van der Waals surface area (Å²) in [6.07, 6.45) is 5.24. The second kappa shape index (κ2) is 3.71. The summed E-state index contributed by atoms with van der Waals surface area (Å²) in [5.74, 6) is 0.715. The molecule has 0 aliphatic carbocycles. The first kappa shape index (κ1) is 7.72. The zero-order valence-corrected chi connectivity index (χ0v) is 6.21. The van der Waals surface area contributed by atoms with Crippen LogP contribution in [-0.4, -0.2) is 18.5 Å². The first-order chi connectivity index (χ1) is 5.33. The molecule has 0 spiro atoms. The quantitative estimate of drug-likeness (QED) is 0.600. The summed E-state index contributed by atoms with van der Waals surface area (Å²) < 4.78 is 0. The fourth-order valence-electron chi connectivity index (χ4n) is 0.756. The van der Waals surface area contributed by atoms with Gasteiger partial charge in [-0.25, -0.2) is 4.99 Å². The predicted molar refractivity (Wildman–Crippen MR) is 44.4 cm³/mol. The van der Waals surface area contributed by atoms with E-state index in [1.54, 1.807) is 12.3 Å². The van der Waals surface area contributed by atoms with Gasteiger partial charge in [-0.2, -0.15) is 0 Å². The molecule has 0 aromatic carbocycles. The van der Waals surface area contributed by atoms with Crippen LogP contribution >= 0.6 is 0 Å². The molecule has 0 aromatic heterocycles. The summed E-state index contributed by atoms with van der Waals surface area (Å²) in [7, 11) is 0. The molecular weight excluding hydrogens is 140 g/mol. The average molecular weight is 150 g/mol. The molecule has 0 unspecified atom stereocenters. The Balaban J connectivity index is 2.50. The van der Waals surface area contributed by atoms with E-state index >= 15 is 0 Å². The van der Waals surface area contributed by atoms with Crippen LogP contribution in [0.4, 0.5) is 0 Å². The number of hydrogen-bond donors (Lipinski definition) is 1. The number of nitrogens with zero attached hydrogens (tertiary/aromatic N) is 1. The second-order valence-electron chi connectivity index (χ2n) is 2.18. The van der Waals surface area contributed by atoms with E-state index in [1.165, 1.54) is 6.08 Å². The van der Waals surface area contributed by atoms with Gasteiger partial charge in [0.2, 0.25) is 0 Å². The lowest BCUT2D eigenvalue weighted by Gasteiger charge is -2.05. The third-order valence-corrected chi connectivity index (χ3v) is 1.25.